The highest BCUT2D eigenvalue weighted by Crippen LogP contribution is 2.36. The molecular weight excluding hydrogens is 272 g/mol. The zero-order chi connectivity index (χ0) is 15.9. The third-order valence-corrected chi connectivity index (χ3v) is 4.03. The lowest BCUT2D eigenvalue weighted by molar-refractivity contribution is -0.0733. The van der Waals surface area contributed by atoms with Gasteiger partial charge in [-0.3, -0.25) is 0 Å². The number of ether oxygens (including phenoxy) is 1. The molecule has 0 aromatic heterocycles. The van der Waals surface area contributed by atoms with Gasteiger partial charge >= 0.3 is 0 Å². The van der Waals surface area contributed by atoms with Crippen LogP contribution in [0, 0.1) is 11.6 Å². The lowest BCUT2D eigenvalue weighted by Crippen LogP contribution is -2.46. The number of halogens is 2. The number of hydrogen-bond acceptors (Lipinski definition) is 2. The molecule has 1 N–H and O–H groups in total. The summed E-state index contributed by atoms with van der Waals surface area (Å²) in [6.45, 7) is 9.57. The van der Waals surface area contributed by atoms with Crippen LogP contribution < -0.4 is 5.32 Å². The Morgan fingerprint density at radius 3 is 2.24 bits per heavy atom. The zero-order valence-corrected chi connectivity index (χ0v) is 13.5. The lowest BCUT2D eigenvalue weighted by atomic mass is 9.83. The molecule has 0 fully saturated rings. The summed E-state index contributed by atoms with van der Waals surface area (Å²) in [5.41, 5.74) is 0.327. The molecule has 0 saturated heterocycles. The Labute approximate surface area is 126 Å². The van der Waals surface area contributed by atoms with Gasteiger partial charge in [-0.2, -0.15) is 0 Å². The van der Waals surface area contributed by atoms with Crippen LogP contribution in [0.5, 0.6) is 0 Å². The quantitative estimate of drug-likeness (QED) is 0.719. The van der Waals surface area contributed by atoms with E-state index in [-0.39, 0.29) is 6.04 Å². The molecular formula is C17H27F2NO. The molecule has 0 amide bonds. The number of rotatable bonds is 9. The Morgan fingerprint density at radius 1 is 1.10 bits per heavy atom. The van der Waals surface area contributed by atoms with Crippen LogP contribution in [-0.4, -0.2) is 18.8 Å². The van der Waals surface area contributed by atoms with Crippen LogP contribution in [0.3, 0.4) is 0 Å². The van der Waals surface area contributed by atoms with Gasteiger partial charge in [-0.05, 0) is 50.4 Å². The van der Waals surface area contributed by atoms with E-state index in [2.05, 4.69) is 26.1 Å². The van der Waals surface area contributed by atoms with Gasteiger partial charge in [-0.1, -0.05) is 26.8 Å². The molecule has 0 heterocycles. The number of nitrogens with one attached hydrogen (secondary N) is 1. The smallest absolute Gasteiger partial charge is 0.159 e. The maximum atomic E-state index is 13.6. The van der Waals surface area contributed by atoms with Crippen LogP contribution in [0.1, 0.15) is 58.6 Å². The van der Waals surface area contributed by atoms with E-state index < -0.39 is 17.2 Å². The Balaban J connectivity index is 3.21. The Kier molecular flexibility index (Phi) is 7.26. The van der Waals surface area contributed by atoms with Crippen molar-refractivity contribution in [3.63, 3.8) is 0 Å². The van der Waals surface area contributed by atoms with Crippen molar-refractivity contribution in [3.05, 3.63) is 35.4 Å². The molecule has 0 saturated carbocycles. The van der Waals surface area contributed by atoms with E-state index in [4.69, 9.17) is 4.74 Å². The van der Waals surface area contributed by atoms with Crippen LogP contribution in [0.25, 0.3) is 0 Å². The van der Waals surface area contributed by atoms with Gasteiger partial charge in [0.1, 0.15) is 0 Å². The summed E-state index contributed by atoms with van der Waals surface area (Å²) in [5, 5.41) is 3.45. The molecule has 0 aliphatic rings. The largest absolute Gasteiger partial charge is 0.373 e. The lowest BCUT2D eigenvalue weighted by Gasteiger charge is -2.40. The predicted octanol–water partition coefficient (Wildman–Crippen LogP) is 4.60. The highest BCUT2D eigenvalue weighted by molar-refractivity contribution is 5.24. The fourth-order valence-electron chi connectivity index (χ4n) is 2.82. The molecule has 0 aliphatic carbocycles. The minimum Gasteiger partial charge on any atom is -0.373 e. The molecule has 0 radical (unpaired) electrons. The standard InChI is InChI=1S/C17H27F2NO/c1-5-11-20-16(17(6-2,7-3)21-8-4)13-9-10-14(18)15(19)12-13/h9-10,12,16,20H,5-8,11H2,1-4H3. The summed E-state index contributed by atoms with van der Waals surface area (Å²) < 4.78 is 32.8. The van der Waals surface area contributed by atoms with Crippen molar-refractivity contribution in [2.45, 2.75) is 58.6 Å². The molecule has 1 atom stereocenters. The first-order valence-corrected chi connectivity index (χ1v) is 7.86. The second-order valence-corrected chi connectivity index (χ2v) is 5.27. The van der Waals surface area contributed by atoms with Gasteiger partial charge in [0.2, 0.25) is 0 Å². The highest BCUT2D eigenvalue weighted by atomic mass is 19.2. The van der Waals surface area contributed by atoms with Crippen molar-refractivity contribution in [2.75, 3.05) is 13.2 Å². The topological polar surface area (TPSA) is 21.3 Å². The Morgan fingerprint density at radius 2 is 1.76 bits per heavy atom. The zero-order valence-electron chi connectivity index (χ0n) is 13.5. The van der Waals surface area contributed by atoms with Gasteiger partial charge in [-0.15, -0.1) is 0 Å². The average Bonchev–Trinajstić information content (AvgIpc) is 2.49. The second-order valence-electron chi connectivity index (χ2n) is 5.27. The minimum atomic E-state index is -0.817. The van der Waals surface area contributed by atoms with Gasteiger partial charge in [-0.25, -0.2) is 8.78 Å². The maximum absolute atomic E-state index is 13.6. The van der Waals surface area contributed by atoms with E-state index in [1.807, 2.05) is 6.92 Å². The van der Waals surface area contributed by atoms with E-state index >= 15 is 0 Å². The van der Waals surface area contributed by atoms with Crippen molar-refractivity contribution in [1.29, 1.82) is 0 Å². The Hall–Kier alpha value is -1.00. The fraction of sp³-hybridized carbons (Fsp3) is 0.647. The number of benzene rings is 1. The van der Waals surface area contributed by atoms with Crippen molar-refractivity contribution in [1.82, 2.24) is 5.32 Å². The molecule has 2 nitrogen and oxygen atoms in total. The third kappa shape index (κ3) is 4.24. The number of hydrogen-bond donors (Lipinski definition) is 1. The normalized spacial score (nSPS) is 13.4. The van der Waals surface area contributed by atoms with Crippen molar-refractivity contribution in [3.8, 4) is 0 Å². The molecule has 0 aliphatic heterocycles. The van der Waals surface area contributed by atoms with E-state index in [1.54, 1.807) is 6.07 Å². The van der Waals surface area contributed by atoms with E-state index in [9.17, 15) is 8.78 Å². The average molecular weight is 299 g/mol. The van der Waals surface area contributed by atoms with E-state index in [1.165, 1.54) is 12.1 Å². The van der Waals surface area contributed by atoms with Crippen LogP contribution in [0.15, 0.2) is 18.2 Å². The van der Waals surface area contributed by atoms with Crippen molar-refractivity contribution in [2.24, 2.45) is 0 Å². The van der Waals surface area contributed by atoms with Crippen molar-refractivity contribution >= 4 is 0 Å². The van der Waals surface area contributed by atoms with Gasteiger partial charge in [0.05, 0.1) is 11.6 Å². The molecule has 1 unspecified atom stereocenters. The van der Waals surface area contributed by atoms with Gasteiger partial charge in [0.25, 0.3) is 0 Å². The van der Waals surface area contributed by atoms with Crippen LogP contribution >= 0.6 is 0 Å². The van der Waals surface area contributed by atoms with Gasteiger partial charge < -0.3 is 10.1 Å². The fourth-order valence-corrected chi connectivity index (χ4v) is 2.82. The summed E-state index contributed by atoms with van der Waals surface area (Å²) in [6, 6.07) is 3.96. The second kappa shape index (κ2) is 8.44. The molecule has 120 valence electrons. The first-order valence-electron chi connectivity index (χ1n) is 7.86. The predicted molar refractivity (Wildman–Crippen MR) is 82.3 cm³/mol. The Bertz CT molecular complexity index is 433. The minimum absolute atomic E-state index is 0.150. The van der Waals surface area contributed by atoms with Gasteiger partial charge in [0.15, 0.2) is 11.6 Å². The van der Waals surface area contributed by atoms with Crippen LogP contribution in [0.4, 0.5) is 8.78 Å². The third-order valence-electron chi connectivity index (χ3n) is 4.03. The molecule has 0 bridgehead atoms. The highest BCUT2D eigenvalue weighted by Gasteiger charge is 2.37. The molecule has 21 heavy (non-hydrogen) atoms. The molecule has 1 aromatic rings. The summed E-state index contributed by atoms with van der Waals surface area (Å²) in [6.07, 6.45) is 2.57. The summed E-state index contributed by atoms with van der Waals surface area (Å²) in [5.74, 6) is -1.63. The van der Waals surface area contributed by atoms with Crippen LogP contribution in [-0.2, 0) is 4.74 Å². The molecule has 4 heteroatoms. The van der Waals surface area contributed by atoms with E-state index in [0.717, 1.165) is 31.4 Å². The molecule has 1 rings (SSSR count). The first kappa shape index (κ1) is 18.1. The van der Waals surface area contributed by atoms with Gasteiger partial charge in [0, 0.05) is 6.61 Å². The summed E-state index contributed by atoms with van der Waals surface area (Å²) in [4.78, 5) is 0. The monoisotopic (exact) mass is 299 g/mol. The first-order chi connectivity index (χ1) is 10.0. The maximum Gasteiger partial charge on any atom is 0.159 e. The van der Waals surface area contributed by atoms with Crippen molar-refractivity contribution < 1.29 is 13.5 Å². The molecule has 0 spiro atoms. The molecule has 1 aromatic carbocycles. The van der Waals surface area contributed by atoms with Crippen LogP contribution in [0.2, 0.25) is 0 Å². The summed E-state index contributed by atoms with van der Waals surface area (Å²) in [7, 11) is 0. The van der Waals surface area contributed by atoms with E-state index in [0.29, 0.717) is 6.61 Å². The summed E-state index contributed by atoms with van der Waals surface area (Å²) >= 11 is 0. The SMILES string of the molecule is CCCNC(c1ccc(F)c(F)c1)C(CC)(CC)OCC.